The van der Waals surface area contributed by atoms with Crippen molar-refractivity contribution in [2.45, 2.75) is 11.3 Å². The van der Waals surface area contributed by atoms with Crippen molar-refractivity contribution in [3.8, 4) is 0 Å². The fourth-order valence-electron chi connectivity index (χ4n) is 1.55. The van der Waals surface area contributed by atoms with Crippen LogP contribution in [0.5, 0.6) is 0 Å². The monoisotopic (exact) mass is 278 g/mol. The zero-order valence-electron chi connectivity index (χ0n) is 10.2. The van der Waals surface area contributed by atoms with E-state index in [1.807, 2.05) is 0 Å². The Kier molecular flexibility index (Phi) is 4.08. The minimum atomic E-state index is -3.62. The van der Waals surface area contributed by atoms with E-state index in [9.17, 15) is 8.42 Å². The number of anilines is 1. The van der Waals surface area contributed by atoms with E-state index in [1.165, 1.54) is 12.1 Å². The Hall–Kier alpha value is -1.99. The molecule has 0 unspecified atom stereocenters. The number of nitrogens with zero attached hydrogens (tertiary/aromatic N) is 2. The van der Waals surface area contributed by atoms with E-state index in [-0.39, 0.29) is 4.90 Å². The van der Waals surface area contributed by atoms with Crippen LogP contribution in [0.25, 0.3) is 0 Å². The number of nitrogens with two attached hydrogens (primary N) is 1. The molecule has 1 aromatic carbocycles. The number of sulfonamides is 1. The first-order valence-electron chi connectivity index (χ1n) is 5.68. The lowest BCUT2D eigenvalue weighted by Crippen LogP contribution is -2.12. The van der Waals surface area contributed by atoms with Gasteiger partial charge in [-0.3, -0.25) is 0 Å². The summed E-state index contributed by atoms with van der Waals surface area (Å²) in [6.45, 7) is 0.665. The van der Waals surface area contributed by atoms with Crippen molar-refractivity contribution in [2.24, 2.45) is 5.14 Å². The van der Waals surface area contributed by atoms with E-state index in [4.69, 9.17) is 5.14 Å². The third kappa shape index (κ3) is 4.01. The summed E-state index contributed by atoms with van der Waals surface area (Å²) in [5.74, 6) is 0.573. The van der Waals surface area contributed by atoms with Gasteiger partial charge in [-0.15, -0.1) is 0 Å². The molecule has 0 aliphatic rings. The minimum absolute atomic E-state index is 0.121. The summed E-state index contributed by atoms with van der Waals surface area (Å²) in [6.07, 6.45) is 4.07. The largest absolute Gasteiger partial charge is 0.354 e. The van der Waals surface area contributed by atoms with Crippen molar-refractivity contribution in [2.75, 3.05) is 11.9 Å². The van der Waals surface area contributed by atoms with Gasteiger partial charge in [0, 0.05) is 18.9 Å². The third-order valence-corrected chi connectivity index (χ3v) is 3.44. The maximum absolute atomic E-state index is 11.1. The minimum Gasteiger partial charge on any atom is -0.354 e. The van der Waals surface area contributed by atoms with Crippen LogP contribution in [0.15, 0.2) is 47.6 Å². The summed E-state index contributed by atoms with van der Waals surface area (Å²) in [5, 5.41) is 8.10. The Morgan fingerprint density at radius 2 is 1.74 bits per heavy atom. The Bertz CT molecular complexity index is 627. The fraction of sp³-hybridized carbons (Fsp3) is 0.167. The Morgan fingerprint density at radius 1 is 1.11 bits per heavy atom. The van der Waals surface area contributed by atoms with E-state index in [1.54, 1.807) is 30.6 Å². The molecule has 0 saturated heterocycles. The van der Waals surface area contributed by atoms with Crippen molar-refractivity contribution < 1.29 is 8.42 Å². The highest BCUT2D eigenvalue weighted by molar-refractivity contribution is 7.89. The summed E-state index contributed by atoms with van der Waals surface area (Å²) in [5.41, 5.74) is 1.01. The van der Waals surface area contributed by atoms with E-state index < -0.39 is 10.0 Å². The van der Waals surface area contributed by atoms with E-state index in [0.717, 1.165) is 12.0 Å². The molecule has 1 aromatic heterocycles. The van der Waals surface area contributed by atoms with Crippen molar-refractivity contribution in [1.82, 2.24) is 9.97 Å². The first-order chi connectivity index (χ1) is 9.05. The SMILES string of the molecule is NS(=O)(=O)c1ccc(CCNc2ncccn2)cc1. The van der Waals surface area contributed by atoms with Gasteiger partial charge in [-0.1, -0.05) is 12.1 Å². The zero-order chi connectivity index (χ0) is 13.7. The summed E-state index contributed by atoms with van der Waals surface area (Å²) < 4.78 is 22.2. The second-order valence-electron chi connectivity index (χ2n) is 3.94. The molecule has 0 aliphatic carbocycles. The second-order valence-corrected chi connectivity index (χ2v) is 5.50. The van der Waals surface area contributed by atoms with Gasteiger partial charge in [0.2, 0.25) is 16.0 Å². The van der Waals surface area contributed by atoms with E-state index in [2.05, 4.69) is 15.3 Å². The van der Waals surface area contributed by atoms with Crippen LogP contribution in [0.1, 0.15) is 5.56 Å². The lowest BCUT2D eigenvalue weighted by Gasteiger charge is -2.05. The predicted molar refractivity (Wildman–Crippen MR) is 72.0 cm³/mol. The van der Waals surface area contributed by atoms with Gasteiger partial charge in [-0.25, -0.2) is 23.5 Å². The van der Waals surface area contributed by atoms with Gasteiger partial charge in [0.05, 0.1) is 4.90 Å². The molecule has 0 fully saturated rings. The molecule has 19 heavy (non-hydrogen) atoms. The van der Waals surface area contributed by atoms with Gasteiger partial charge < -0.3 is 5.32 Å². The van der Waals surface area contributed by atoms with Crippen LogP contribution in [0, 0.1) is 0 Å². The van der Waals surface area contributed by atoms with E-state index >= 15 is 0 Å². The average molecular weight is 278 g/mol. The average Bonchev–Trinajstić information content (AvgIpc) is 2.39. The molecule has 0 amide bonds. The highest BCUT2D eigenvalue weighted by Gasteiger charge is 2.06. The first-order valence-corrected chi connectivity index (χ1v) is 7.23. The predicted octanol–water partition coefficient (Wildman–Crippen LogP) is 0.779. The maximum atomic E-state index is 11.1. The zero-order valence-corrected chi connectivity index (χ0v) is 11.0. The molecule has 0 aliphatic heterocycles. The fourth-order valence-corrected chi connectivity index (χ4v) is 2.07. The molecule has 0 bridgehead atoms. The molecule has 0 atom stereocenters. The van der Waals surface area contributed by atoms with Crippen LogP contribution in [-0.2, 0) is 16.4 Å². The van der Waals surface area contributed by atoms with Crippen LogP contribution in [-0.4, -0.2) is 24.9 Å². The highest BCUT2D eigenvalue weighted by atomic mass is 32.2. The van der Waals surface area contributed by atoms with Crippen LogP contribution in [0.4, 0.5) is 5.95 Å². The third-order valence-electron chi connectivity index (χ3n) is 2.51. The Labute approximate surface area is 111 Å². The molecule has 6 nitrogen and oxygen atoms in total. The van der Waals surface area contributed by atoms with Gasteiger partial charge in [0.1, 0.15) is 0 Å². The van der Waals surface area contributed by atoms with Crippen LogP contribution >= 0.6 is 0 Å². The number of nitrogens with one attached hydrogen (secondary N) is 1. The number of benzene rings is 1. The Balaban J connectivity index is 1.90. The molecule has 1 heterocycles. The van der Waals surface area contributed by atoms with Gasteiger partial charge >= 0.3 is 0 Å². The van der Waals surface area contributed by atoms with Gasteiger partial charge in [0.15, 0.2) is 0 Å². The topological polar surface area (TPSA) is 98.0 Å². The second kappa shape index (κ2) is 5.77. The summed E-state index contributed by atoms with van der Waals surface area (Å²) in [4.78, 5) is 8.20. The summed E-state index contributed by atoms with van der Waals surface area (Å²) in [7, 11) is -3.62. The number of hydrogen-bond donors (Lipinski definition) is 2. The number of aromatic nitrogens is 2. The summed E-state index contributed by atoms with van der Waals surface area (Å²) >= 11 is 0. The van der Waals surface area contributed by atoms with Gasteiger partial charge in [-0.05, 0) is 30.2 Å². The molecule has 0 saturated carbocycles. The molecule has 7 heteroatoms. The van der Waals surface area contributed by atoms with E-state index in [0.29, 0.717) is 12.5 Å². The highest BCUT2D eigenvalue weighted by Crippen LogP contribution is 2.09. The van der Waals surface area contributed by atoms with Crippen molar-refractivity contribution in [3.63, 3.8) is 0 Å². The van der Waals surface area contributed by atoms with Crippen molar-refractivity contribution in [3.05, 3.63) is 48.3 Å². The summed E-state index contributed by atoms with van der Waals surface area (Å²) in [6, 6.07) is 8.24. The van der Waals surface area contributed by atoms with Gasteiger partial charge in [-0.2, -0.15) is 0 Å². The first kappa shape index (κ1) is 13.4. The number of hydrogen-bond acceptors (Lipinski definition) is 5. The number of primary sulfonamides is 1. The van der Waals surface area contributed by atoms with Crippen LogP contribution < -0.4 is 10.5 Å². The quantitative estimate of drug-likeness (QED) is 0.842. The van der Waals surface area contributed by atoms with Crippen molar-refractivity contribution >= 4 is 16.0 Å². The normalized spacial score (nSPS) is 11.2. The number of rotatable bonds is 5. The standard InChI is InChI=1S/C12H14N4O2S/c13-19(17,18)11-4-2-10(3-5-11)6-9-16-12-14-7-1-8-15-12/h1-5,7-8H,6,9H2,(H2,13,17,18)(H,14,15,16). The molecule has 2 rings (SSSR count). The Morgan fingerprint density at radius 3 is 2.32 bits per heavy atom. The lowest BCUT2D eigenvalue weighted by atomic mass is 10.1. The molecule has 0 spiro atoms. The lowest BCUT2D eigenvalue weighted by molar-refractivity contribution is 0.598. The molecular weight excluding hydrogens is 264 g/mol. The van der Waals surface area contributed by atoms with Crippen molar-refractivity contribution in [1.29, 1.82) is 0 Å². The molecule has 100 valence electrons. The molecular formula is C12H14N4O2S. The van der Waals surface area contributed by atoms with Crippen LogP contribution in [0.3, 0.4) is 0 Å². The maximum Gasteiger partial charge on any atom is 0.238 e. The van der Waals surface area contributed by atoms with Crippen LogP contribution in [0.2, 0.25) is 0 Å². The molecule has 2 aromatic rings. The smallest absolute Gasteiger partial charge is 0.238 e. The van der Waals surface area contributed by atoms with Gasteiger partial charge in [0.25, 0.3) is 0 Å². The molecule has 3 N–H and O–H groups in total. The molecule has 0 radical (unpaired) electrons.